The molecule has 1 N–H and O–H groups in total. The third-order valence-electron chi connectivity index (χ3n) is 7.03. The lowest BCUT2D eigenvalue weighted by atomic mass is 9.71. The number of hydrogen-bond donors (Lipinski definition) is 1. The van der Waals surface area contributed by atoms with Crippen LogP contribution in [0.3, 0.4) is 0 Å². The molecule has 0 aromatic carbocycles. The van der Waals surface area contributed by atoms with Crippen molar-refractivity contribution >= 4 is 0 Å². The van der Waals surface area contributed by atoms with Crippen LogP contribution >= 0.6 is 0 Å². The predicted molar refractivity (Wildman–Crippen MR) is 86.3 cm³/mol. The zero-order valence-electron chi connectivity index (χ0n) is 13.8. The highest BCUT2D eigenvalue weighted by atomic mass is 16.5. The van der Waals surface area contributed by atoms with E-state index in [2.05, 4.69) is 12.2 Å². The molecule has 4 atom stereocenters. The Balaban J connectivity index is 1.44. The third kappa shape index (κ3) is 2.91. The lowest BCUT2D eigenvalue weighted by molar-refractivity contribution is -0.124. The highest BCUT2D eigenvalue weighted by Crippen LogP contribution is 2.56. The molecule has 1 heterocycles. The van der Waals surface area contributed by atoms with Crippen LogP contribution in [0.4, 0.5) is 0 Å². The van der Waals surface area contributed by atoms with Crippen molar-refractivity contribution in [1.82, 2.24) is 5.32 Å². The second-order valence-electron chi connectivity index (χ2n) is 8.42. The van der Waals surface area contributed by atoms with Crippen LogP contribution in [0.25, 0.3) is 0 Å². The van der Waals surface area contributed by atoms with Crippen LogP contribution in [-0.2, 0) is 4.74 Å². The largest absolute Gasteiger partial charge is 0.375 e. The fourth-order valence-electron chi connectivity index (χ4n) is 5.93. The smallest absolute Gasteiger partial charge is 0.0685 e. The molecule has 21 heavy (non-hydrogen) atoms. The molecule has 0 bridgehead atoms. The molecule has 1 aliphatic heterocycles. The summed E-state index contributed by atoms with van der Waals surface area (Å²) in [4.78, 5) is 0. The number of fused-ring (bicyclic) bond motifs is 1. The van der Waals surface area contributed by atoms with Gasteiger partial charge in [-0.05, 0) is 75.2 Å². The van der Waals surface area contributed by atoms with Crippen LogP contribution in [-0.4, -0.2) is 24.8 Å². The van der Waals surface area contributed by atoms with E-state index < -0.39 is 0 Å². The second kappa shape index (κ2) is 5.85. The molecule has 2 heteroatoms. The first kappa shape index (κ1) is 14.5. The van der Waals surface area contributed by atoms with Crippen molar-refractivity contribution in [3.63, 3.8) is 0 Å². The molecule has 3 saturated carbocycles. The van der Waals surface area contributed by atoms with E-state index in [1.807, 2.05) is 0 Å². The number of ether oxygens (including phenoxy) is 1. The number of rotatable bonds is 4. The zero-order chi connectivity index (χ0) is 14.3. The summed E-state index contributed by atoms with van der Waals surface area (Å²) in [6, 6.07) is 0.783. The summed E-state index contributed by atoms with van der Waals surface area (Å²) in [5.41, 5.74) is 0.274. The SMILES string of the molecule is CCNC(C1CC2CC2C1)C1CCOC2(CCCCC2)C1. The van der Waals surface area contributed by atoms with Gasteiger partial charge in [-0.1, -0.05) is 26.2 Å². The van der Waals surface area contributed by atoms with Crippen LogP contribution in [0.1, 0.15) is 71.1 Å². The van der Waals surface area contributed by atoms with Gasteiger partial charge in [0, 0.05) is 12.6 Å². The lowest BCUT2D eigenvalue weighted by Crippen LogP contribution is -2.50. The van der Waals surface area contributed by atoms with E-state index in [1.165, 1.54) is 57.8 Å². The molecule has 4 fully saturated rings. The van der Waals surface area contributed by atoms with Gasteiger partial charge in [0.1, 0.15) is 0 Å². The topological polar surface area (TPSA) is 21.3 Å². The molecule has 3 aliphatic carbocycles. The van der Waals surface area contributed by atoms with E-state index in [1.54, 1.807) is 6.42 Å². The standard InChI is InChI=1S/C19H33NO/c1-2-20-18(17-11-15-10-16(15)12-17)14-6-9-21-19(13-14)7-4-3-5-8-19/h14-18,20H,2-13H2,1H3. The van der Waals surface area contributed by atoms with Gasteiger partial charge in [-0.3, -0.25) is 0 Å². The monoisotopic (exact) mass is 291 g/mol. The summed E-state index contributed by atoms with van der Waals surface area (Å²) in [6.07, 6.45) is 14.1. The summed E-state index contributed by atoms with van der Waals surface area (Å²) in [5, 5.41) is 3.90. The maximum Gasteiger partial charge on any atom is 0.0685 e. The number of nitrogens with one attached hydrogen (secondary N) is 1. The Hall–Kier alpha value is -0.0800. The molecule has 0 radical (unpaired) electrons. The summed E-state index contributed by atoms with van der Waals surface area (Å²) in [6.45, 7) is 4.45. The highest BCUT2D eigenvalue weighted by Gasteiger charge is 2.50. The first-order chi connectivity index (χ1) is 10.3. The molecule has 0 aromatic rings. The van der Waals surface area contributed by atoms with Gasteiger partial charge in [-0.25, -0.2) is 0 Å². The van der Waals surface area contributed by atoms with Crippen LogP contribution in [0.2, 0.25) is 0 Å². The second-order valence-corrected chi connectivity index (χ2v) is 8.42. The lowest BCUT2D eigenvalue weighted by Gasteiger charge is -2.47. The van der Waals surface area contributed by atoms with Crippen molar-refractivity contribution in [2.45, 2.75) is 82.8 Å². The van der Waals surface area contributed by atoms with Crippen LogP contribution in [0.15, 0.2) is 0 Å². The van der Waals surface area contributed by atoms with Crippen molar-refractivity contribution in [3.05, 3.63) is 0 Å². The molecule has 0 aromatic heterocycles. The normalized spacial score (nSPS) is 42.7. The predicted octanol–water partition coefficient (Wildman–Crippen LogP) is 4.14. The van der Waals surface area contributed by atoms with Gasteiger partial charge in [0.15, 0.2) is 0 Å². The maximum absolute atomic E-state index is 6.33. The van der Waals surface area contributed by atoms with Crippen molar-refractivity contribution in [2.24, 2.45) is 23.7 Å². The Morgan fingerprint density at radius 1 is 1.05 bits per heavy atom. The molecule has 4 unspecified atom stereocenters. The molecule has 1 spiro atoms. The Labute approximate surface area is 130 Å². The minimum atomic E-state index is 0.274. The molecule has 120 valence electrons. The molecule has 4 rings (SSSR count). The van der Waals surface area contributed by atoms with Crippen molar-refractivity contribution < 1.29 is 4.74 Å². The van der Waals surface area contributed by atoms with E-state index in [0.29, 0.717) is 0 Å². The van der Waals surface area contributed by atoms with Gasteiger partial charge in [0.05, 0.1) is 5.60 Å². The van der Waals surface area contributed by atoms with Gasteiger partial charge >= 0.3 is 0 Å². The summed E-state index contributed by atoms with van der Waals surface area (Å²) in [5.74, 6) is 4.07. The summed E-state index contributed by atoms with van der Waals surface area (Å²) < 4.78 is 6.33. The Kier molecular flexibility index (Phi) is 4.04. The van der Waals surface area contributed by atoms with Crippen LogP contribution in [0.5, 0.6) is 0 Å². The van der Waals surface area contributed by atoms with E-state index >= 15 is 0 Å². The Morgan fingerprint density at radius 3 is 2.52 bits per heavy atom. The maximum atomic E-state index is 6.33. The van der Waals surface area contributed by atoms with Crippen LogP contribution < -0.4 is 5.32 Å². The van der Waals surface area contributed by atoms with E-state index in [4.69, 9.17) is 4.74 Å². The quantitative estimate of drug-likeness (QED) is 0.840. The van der Waals surface area contributed by atoms with Crippen molar-refractivity contribution in [2.75, 3.05) is 13.2 Å². The molecule has 2 nitrogen and oxygen atoms in total. The minimum Gasteiger partial charge on any atom is -0.375 e. The van der Waals surface area contributed by atoms with Crippen LogP contribution in [0, 0.1) is 23.7 Å². The molecular weight excluding hydrogens is 258 g/mol. The molecule has 1 saturated heterocycles. The van der Waals surface area contributed by atoms with Gasteiger partial charge in [0.2, 0.25) is 0 Å². The molecular formula is C19H33NO. The minimum absolute atomic E-state index is 0.274. The molecule has 4 aliphatic rings. The Bertz CT molecular complexity index is 347. The van der Waals surface area contributed by atoms with E-state index in [0.717, 1.165) is 42.9 Å². The average Bonchev–Trinajstić information content (AvgIpc) is 3.12. The van der Waals surface area contributed by atoms with E-state index in [9.17, 15) is 0 Å². The Morgan fingerprint density at radius 2 is 1.81 bits per heavy atom. The van der Waals surface area contributed by atoms with Gasteiger partial charge < -0.3 is 10.1 Å². The zero-order valence-corrected chi connectivity index (χ0v) is 13.8. The summed E-state index contributed by atoms with van der Waals surface area (Å²) in [7, 11) is 0. The fourth-order valence-corrected chi connectivity index (χ4v) is 5.93. The average molecular weight is 291 g/mol. The van der Waals surface area contributed by atoms with Crippen molar-refractivity contribution in [3.8, 4) is 0 Å². The third-order valence-corrected chi connectivity index (χ3v) is 7.03. The molecule has 0 amide bonds. The number of hydrogen-bond acceptors (Lipinski definition) is 2. The van der Waals surface area contributed by atoms with E-state index in [-0.39, 0.29) is 5.60 Å². The van der Waals surface area contributed by atoms with Crippen molar-refractivity contribution in [1.29, 1.82) is 0 Å². The first-order valence-electron chi connectivity index (χ1n) is 9.67. The van der Waals surface area contributed by atoms with Gasteiger partial charge in [-0.15, -0.1) is 0 Å². The van der Waals surface area contributed by atoms with Gasteiger partial charge in [0.25, 0.3) is 0 Å². The highest BCUT2D eigenvalue weighted by molar-refractivity contribution is 5.02. The fraction of sp³-hybridized carbons (Fsp3) is 1.00. The summed E-state index contributed by atoms with van der Waals surface area (Å²) >= 11 is 0. The van der Waals surface area contributed by atoms with Gasteiger partial charge in [-0.2, -0.15) is 0 Å². The first-order valence-corrected chi connectivity index (χ1v) is 9.67.